The molecule has 0 aromatic heterocycles. The van der Waals surface area contributed by atoms with Crippen LogP contribution in [-0.4, -0.2) is 0 Å². The first kappa shape index (κ1) is 8.79. The minimum Gasteiger partial charge on any atom is -0.0844 e. The molecular weight excluding hydrogens is 144 g/mol. The first-order chi connectivity index (χ1) is 6.00. The molecule has 0 spiro atoms. The Morgan fingerprint density at radius 3 is 1.33 bits per heavy atom. The molecule has 0 saturated carbocycles. The highest BCUT2D eigenvalue weighted by molar-refractivity contribution is 5.16. The largest absolute Gasteiger partial charge is 0.0844 e. The van der Waals surface area contributed by atoms with Crippen molar-refractivity contribution in [1.82, 2.24) is 0 Å². The van der Waals surface area contributed by atoms with Crippen molar-refractivity contribution in [3.63, 3.8) is 0 Å². The minimum absolute atomic E-state index is 1.03. The van der Waals surface area contributed by atoms with Gasteiger partial charge in [-0.15, -0.1) is 0 Å². The first-order valence-electron chi connectivity index (χ1n) is 4.30. The third-order valence-corrected chi connectivity index (χ3v) is 1.54. The lowest BCUT2D eigenvalue weighted by molar-refractivity contribution is 1.31. The van der Waals surface area contributed by atoms with Gasteiger partial charge in [0.25, 0.3) is 0 Å². The van der Waals surface area contributed by atoms with Gasteiger partial charge in [-0.1, -0.05) is 60.8 Å². The molecule has 1 aliphatic rings. The number of allylic oxidation sites excluding steroid dienone is 10. The summed E-state index contributed by atoms with van der Waals surface area (Å²) in [5.74, 6) is 0. The van der Waals surface area contributed by atoms with Crippen molar-refractivity contribution in [2.24, 2.45) is 0 Å². The molecule has 1 aliphatic carbocycles. The summed E-state index contributed by atoms with van der Waals surface area (Å²) in [5, 5.41) is 0. The Morgan fingerprint density at radius 2 is 0.833 bits per heavy atom. The predicted molar refractivity (Wildman–Crippen MR) is 54.9 cm³/mol. The van der Waals surface area contributed by atoms with Gasteiger partial charge in [-0.05, 0) is 12.8 Å². The van der Waals surface area contributed by atoms with E-state index in [1.165, 1.54) is 0 Å². The summed E-state index contributed by atoms with van der Waals surface area (Å²) in [6, 6.07) is 0. The zero-order valence-corrected chi connectivity index (χ0v) is 7.19. The summed E-state index contributed by atoms with van der Waals surface area (Å²) in [5.41, 5.74) is 0. The van der Waals surface area contributed by atoms with Crippen molar-refractivity contribution >= 4 is 0 Å². The van der Waals surface area contributed by atoms with Gasteiger partial charge in [0, 0.05) is 0 Å². The third kappa shape index (κ3) is 4.51. The average molecular weight is 158 g/mol. The summed E-state index contributed by atoms with van der Waals surface area (Å²) in [7, 11) is 0. The zero-order chi connectivity index (χ0) is 8.49. The average Bonchev–Trinajstić information content (AvgIpc) is 2.05. The van der Waals surface area contributed by atoms with E-state index >= 15 is 0 Å². The molecule has 0 fully saturated rings. The lowest BCUT2D eigenvalue weighted by Gasteiger charge is -1.83. The highest BCUT2D eigenvalue weighted by Crippen LogP contribution is 1.93. The van der Waals surface area contributed by atoms with Gasteiger partial charge in [-0.25, -0.2) is 0 Å². The van der Waals surface area contributed by atoms with Gasteiger partial charge in [0.2, 0.25) is 0 Å². The third-order valence-electron chi connectivity index (χ3n) is 1.54. The van der Waals surface area contributed by atoms with E-state index in [1.54, 1.807) is 0 Å². The van der Waals surface area contributed by atoms with Crippen LogP contribution in [0.15, 0.2) is 60.8 Å². The van der Waals surface area contributed by atoms with E-state index in [1.807, 2.05) is 24.3 Å². The normalized spacial score (nSPS) is 25.3. The smallest absolute Gasteiger partial charge is 0.0166 e. The molecule has 0 aromatic rings. The van der Waals surface area contributed by atoms with Crippen molar-refractivity contribution in [2.75, 3.05) is 0 Å². The van der Waals surface area contributed by atoms with Crippen molar-refractivity contribution in [1.29, 1.82) is 0 Å². The SMILES string of the molecule is C1=CC/C=C/CC=C/C=C/C=C\1. The molecule has 0 N–H and O–H groups in total. The second-order valence-corrected chi connectivity index (χ2v) is 2.57. The quantitative estimate of drug-likeness (QED) is 0.473. The maximum Gasteiger partial charge on any atom is -0.0166 e. The Hall–Kier alpha value is -1.30. The maximum atomic E-state index is 2.18. The number of rotatable bonds is 0. The van der Waals surface area contributed by atoms with E-state index in [4.69, 9.17) is 0 Å². The molecule has 0 heteroatoms. The van der Waals surface area contributed by atoms with E-state index in [2.05, 4.69) is 36.5 Å². The van der Waals surface area contributed by atoms with Gasteiger partial charge in [-0.3, -0.25) is 0 Å². The molecule has 0 unspecified atom stereocenters. The fourth-order valence-corrected chi connectivity index (χ4v) is 0.920. The minimum atomic E-state index is 1.03. The molecule has 0 atom stereocenters. The lowest BCUT2D eigenvalue weighted by Crippen LogP contribution is -1.62. The molecule has 12 heavy (non-hydrogen) atoms. The standard InChI is InChI=1S/C12H14/c1-2-4-6-8-10-12-11-9-7-5-3-1/h1-8,11-12H,9-10H2/b3-1-,4-2+,7-5?,8-6?,12-11+. The Bertz CT molecular complexity index is 211. The lowest BCUT2D eigenvalue weighted by atomic mass is 10.2. The summed E-state index contributed by atoms with van der Waals surface area (Å²) < 4.78 is 0. The highest BCUT2D eigenvalue weighted by atomic mass is 13.8. The van der Waals surface area contributed by atoms with Crippen LogP contribution in [0.2, 0.25) is 0 Å². The van der Waals surface area contributed by atoms with E-state index in [0.29, 0.717) is 0 Å². The Morgan fingerprint density at radius 1 is 0.417 bits per heavy atom. The summed E-state index contributed by atoms with van der Waals surface area (Å²) in [6.45, 7) is 0. The van der Waals surface area contributed by atoms with Gasteiger partial charge < -0.3 is 0 Å². The van der Waals surface area contributed by atoms with Gasteiger partial charge in [0.1, 0.15) is 0 Å². The van der Waals surface area contributed by atoms with E-state index in [0.717, 1.165) is 12.8 Å². The molecule has 0 bridgehead atoms. The van der Waals surface area contributed by atoms with Crippen LogP contribution in [0.4, 0.5) is 0 Å². The van der Waals surface area contributed by atoms with Crippen molar-refractivity contribution < 1.29 is 0 Å². The van der Waals surface area contributed by atoms with Crippen LogP contribution in [0.3, 0.4) is 0 Å². The van der Waals surface area contributed by atoms with Gasteiger partial charge >= 0.3 is 0 Å². The van der Waals surface area contributed by atoms with E-state index in [-0.39, 0.29) is 0 Å². The molecule has 1 rings (SSSR count). The maximum absolute atomic E-state index is 2.18. The predicted octanol–water partition coefficient (Wildman–Crippen LogP) is 3.56. The Balaban J connectivity index is 2.55. The van der Waals surface area contributed by atoms with Crippen molar-refractivity contribution in [3.05, 3.63) is 60.8 Å². The molecule has 62 valence electrons. The Kier molecular flexibility index (Phi) is 4.70. The van der Waals surface area contributed by atoms with Crippen LogP contribution >= 0.6 is 0 Å². The van der Waals surface area contributed by atoms with Crippen LogP contribution in [0.25, 0.3) is 0 Å². The summed E-state index contributed by atoms with van der Waals surface area (Å²) in [4.78, 5) is 0. The summed E-state index contributed by atoms with van der Waals surface area (Å²) >= 11 is 0. The van der Waals surface area contributed by atoms with Gasteiger partial charge in [0.15, 0.2) is 0 Å². The molecule has 0 radical (unpaired) electrons. The van der Waals surface area contributed by atoms with E-state index in [9.17, 15) is 0 Å². The van der Waals surface area contributed by atoms with Gasteiger partial charge in [-0.2, -0.15) is 0 Å². The Labute approximate surface area is 74.3 Å². The first-order valence-corrected chi connectivity index (χ1v) is 4.30. The molecule has 0 amide bonds. The molecule has 0 aliphatic heterocycles. The second kappa shape index (κ2) is 6.41. The van der Waals surface area contributed by atoms with Crippen LogP contribution in [0, 0.1) is 0 Å². The van der Waals surface area contributed by atoms with E-state index < -0.39 is 0 Å². The van der Waals surface area contributed by atoms with Crippen LogP contribution in [0.5, 0.6) is 0 Å². The number of hydrogen-bond donors (Lipinski definition) is 0. The molecule has 0 heterocycles. The number of hydrogen-bond acceptors (Lipinski definition) is 0. The van der Waals surface area contributed by atoms with Crippen LogP contribution in [0.1, 0.15) is 12.8 Å². The monoisotopic (exact) mass is 158 g/mol. The highest BCUT2D eigenvalue weighted by Gasteiger charge is 1.72. The van der Waals surface area contributed by atoms with Crippen molar-refractivity contribution in [2.45, 2.75) is 12.8 Å². The molecular formula is C12H14. The topological polar surface area (TPSA) is 0 Å². The van der Waals surface area contributed by atoms with Gasteiger partial charge in [0.05, 0.1) is 0 Å². The van der Waals surface area contributed by atoms with Crippen LogP contribution in [-0.2, 0) is 0 Å². The molecule has 0 saturated heterocycles. The summed E-state index contributed by atoms with van der Waals surface area (Å²) in [6.07, 6.45) is 23.0. The second-order valence-electron chi connectivity index (χ2n) is 2.57. The molecule has 0 aromatic carbocycles. The fourth-order valence-electron chi connectivity index (χ4n) is 0.920. The van der Waals surface area contributed by atoms with Crippen molar-refractivity contribution in [3.8, 4) is 0 Å². The van der Waals surface area contributed by atoms with Crippen LogP contribution < -0.4 is 0 Å². The zero-order valence-electron chi connectivity index (χ0n) is 7.19. The molecule has 0 nitrogen and oxygen atoms in total. The fraction of sp³-hybridized carbons (Fsp3) is 0.167.